The highest BCUT2D eigenvalue weighted by atomic mass is 35.5. The number of carboxylic acids is 1. The third-order valence-electron chi connectivity index (χ3n) is 5.37. The van der Waals surface area contributed by atoms with Crippen LogP contribution in [-0.2, 0) is 11.4 Å². The Balaban J connectivity index is 1.54. The number of hydrogen-bond donors (Lipinski definition) is 1. The summed E-state index contributed by atoms with van der Waals surface area (Å²) in [5.74, 6) is -0.812. The summed E-state index contributed by atoms with van der Waals surface area (Å²) in [5, 5.41) is 10.3. The third kappa shape index (κ3) is 5.93. The molecule has 1 N–H and O–H groups in total. The van der Waals surface area contributed by atoms with Crippen molar-refractivity contribution in [1.29, 1.82) is 0 Å². The molecule has 1 heterocycles. The van der Waals surface area contributed by atoms with Gasteiger partial charge in [-0.1, -0.05) is 53.0 Å². The second-order valence-electron chi connectivity index (χ2n) is 7.99. The summed E-state index contributed by atoms with van der Waals surface area (Å²) in [4.78, 5) is 30.6. The lowest BCUT2D eigenvalue weighted by molar-refractivity contribution is -0.122. The van der Waals surface area contributed by atoms with Crippen molar-refractivity contribution in [2.45, 2.75) is 20.5 Å². The Labute approximate surface area is 223 Å². The van der Waals surface area contributed by atoms with Crippen LogP contribution in [0.25, 0.3) is 6.08 Å². The molecule has 1 saturated heterocycles. The lowest BCUT2D eigenvalue weighted by Crippen LogP contribution is -2.28. The Hall–Kier alpha value is -3.26. The molecule has 36 heavy (non-hydrogen) atoms. The van der Waals surface area contributed by atoms with Crippen LogP contribution in [0.5, 0.6) is 5.75 Å². The summed E-state index contributed by atoms with van der Waals surface area (Å²) in [6.45, 7) is 4.64. The highest BCUT2D eigenvalue weighted by Gasteiger charge is 2.32. The Morgan fingerprint density at radius 1 is 1.08 bits per heavy atom. The fourth-order valence-electron chi connectivity index (χ4n) is 3.45. The van der Waals surface area contributed by atoms with E-state index in [1.807, 2.05) is 38.1 Å². The van der Waals surface area contributed by atoms with Crippen LogP contribution in [0.15, 0.2) is 70.6 Å². The number of aromatic carboxylic acids is 1. The molecular weight excluding hydrogens is 519 g/mol. The van der Waals surface area contributed by atoms with Gasteiger partial charge in [0.25, 0.3) is 5.91 Å². The number of rotatable bonds is 7. The molecular formula is C27H22Cl2N2O4S. The fourth-order valence-corrected chi connectivity index (χ4v) is 5.13. The summed E-state index contributed by atoms with van der Waals surface area (Å²) in [6.07, 6.45) is 1.72. The molecule has 0 saturated carbocycles. The summed E-state index contributed by atoms with van der Waals surface area (Å²) in [7, 11) is 0. The van der Waals surface area contributed by atoms with E-state index in [9.17, 15) is 9.59 Å². The first-order valence-corrected chi connectivity index (χ1v) is 12.6. The molecule has 0 spiro atoms. The molecule has 3 aromatic rings. The predicted molar refractivity (Wildman–Crippen MR) is 145 cm³/mol. The maximum atomic E-state index is 13.0. The van der Waals surface area contributed by atoms with Gasteiger partial charge >= 0.3 is 5.97 Å². The quantitative estimate of drug-likeness (QED) is 0.320. The Kier molecular flexibility index (Phi) is 8.04. The van der Waals surface area contributed by atoms with Gasteiger partial charge in [0.2, 0.25) is 0 Å². The molecule has 3 aromatic carbocycles. The highest BCUT2D eigenvalue weighted by Crippen LogP contribution is 2.38. The van der Waals surface area contributed by atoms with Gasteiger partial charge in [0.15, 0.2) is 10.9 Å². The van der Waals surface area contributed by atoms with Crippen LogP contribution in [0.1, 0.15) is 34.0 Å². The van der Waals surface area contributed by atoms with Crippen LogP contribution in [-0.4, -0.2) is 33.6 Å². The number of nitrogens with zero attached hydrogens (tertiary/aromatic N) is 2. The minimum absolute atomic E-state index is 0.169. The Bertz CT molecular complexity index is 1350. The van der Waals surface area contributed by atoms with E-state index in [2.05, 4.69) is 4.99 Å². The molecule has 4 rings (SSSR count). The van der Waals surface area contributed by atoms with Crippen molar-refractivity contribution >= 4 is 63.8 Å². The molecule has 184 valence electrons. The van der Waals surface area contributed by atoms with Crippen LogP contribution in [0.4, 0.5) is 5.69 Å². The van der Waals surface area contributed by atoms with Crippen LogP contribution in [0.2, 0.25) is 10.0 Å². The maximum absolute atomic E-state index is 13.0. The van der Waals surface area contributed by atoms with Gasteiger partial charge in [0.05, 0.1) is 26.2 Å². The van der Waals surface area contributed by atoms with E-state index in [-0.39, 0.29) is 11.5 Å². The lowest BCUT2D eigenvalue weighted by atomic mass is 10.1. The van der Waals surface area contributed by atoms with Gasteiger partial charge in [-0.3, -0.25) is 9.69 Å². The number of carboxylic acid groups (broad SMARTS) is 1. The van der Waals surface area contributed by atoms with Crippen molar-refractivity contribution in [3.8, 4) is 5.75 Å². The van der Waals surface area contributed by atoms with Crippen molar-refractivity contribution in [1.82, 2.24) is 4.90 Å². The number of ether oxygens (including phenoxy) is 1. The monoisotopic (exact) mass is 540 g/mol. The number of carbonyl (C=O) groups is 2. The standard InChI is InChI=1S/C27H22Cl2N2O4S/c1-3-31-25(32)23(36-27(31)30-20-10-8-19(9-11-20)26(33)34)14-18-12-21(28)24(22(29)13-18)35-15-17-6-4-16(2)5-7-17/h4-14H,3,15H2,1-2H3,(H,33,34)/b23-14-,30-27?. The first-order valence-electron chi connectivity index (χ1n) is 11.1. The number of benzene rings is 3. The fraction of sp³-hybridized carbons (Fsp3) is 0.148. The zero-order chi connectivity index (χ0) is 25.8. The number of amides is 1. The van der Waals surface area contributed by atoms with Gasteiger partial charge in [-0.25, -0.2) is 9.79 Å². The minimum Gasteiger partial charge on any atom is -0.486 e. The number of halogens is 2. The largest absolute Gasteiger partial charge is 0.486 e. The second kappa shape index (κ2) is 11.2. The molecule has 0 aliphatic carbocycles. The average molecular weight is 541 g/mol. The SMILES string of the molecule is CCN1C(=O)/C(=C/c2cc(Cl)c(OCc3ccc(C)cc3)c(Cl)c2)SC1=Nc1ccc(C(=O)O)cc1. The van der Waals surface area contributed by atoms with Crippen molar-refractivity contribution in [2.75, 3.05) is 6.54 Å². The first-order chi connectivity index (χ1) is 17.2. The van der Waals surface area contributed by atoms with Crippen LogP contribution >= 0.6 is 35.0 Å². The minimum atomic E-state index is -1.01. The van der Waals surface area contributed by atoms with E-state index in [4.69, 9.17) is 33.0 Å². The van der Waals surface area contributed by atoms with Gasteiger partial charge < -0.3 is 9.84 Å². The third-order valence-corrected chi connectivity index (χ3v) is 6.93. The van der Waals surface area contributed by atoms with E-state index in [0.29, 0.717) is 50.3 Å². The normalized spacial score (nSPS) is 15.7. The topological polar surface area (TPSA) is 79.2 Å². The molecule has 9 heteroatoms. The number of aliphatic imine (C=N–C) groups is 1. The molecule has 6 nitrogen and oxygen atoms in total. The summed E-state index contributed by atoms with van der Waals surface area (Å²) in [5.41, 5.74) is 3.54. The lowest BCUT2D eigenvalue weighted by Gasteiger charge is -2.12. The van der Waals surface area contributed by atoms with Crippen LogP contribution < -0.4 is 4.74 Å². The number of carbonyl (C=O) groups excluding carboxylic acids is 1. The molecule has 0 atom stereocenters. The molecule has 0 radical (unpaired) electrons. The molecule has 1 amide bonds. The second-order valence-corrected chi connectivity index (χ2v) is 9.82. The maximum Gasteiger partial charge on any atom is 0.335 e. The molecule has 1 aliphatic heterocycles. The molecule has 1 aliphatic rings. The zero-order valence-electron chi connectivity index (χ0n) is 19.5. The molecule has 0 bridgehead atoms. The number of amidine groups is 1. The molecule has 0 unspecified atom stereocenters. The smallest absolute Gasteiger partial charge is 0.335 e. The van der Waals surface area contributed by atoms with Gasteiger partial charge in [-0.15, -0.1) is 0 Å². The van der Waals surface area contributed by atoms with E-state index >= 15 is 0 Å². The first kappa shape index (κ1) is 25.8. The summed E-state index contributed by atoms with van der Waals surface area (Å²) < 4.78 is 5.86. The van der Waals surface area contributed by atoms with E-state index in [0.717, 1.165) is 11.1 Å². The van der Waals surface area contributed by atoms with E-state index in [1.165, 1.54) is 23.9 Å². The molecule has 1 fully saturated rings. The number of likely N-dealkylation sites (N-methyl/N-ethyl adjacent to an activating group) is 1. The van der Waals surface area contributed by atoms with Crippen molar-refractivity contribution in [2.24, 2.45) is 4.99 Å². The number of thioether (sulfide) groups is 1. The Morgan fingerprint density at radius 3 is 2.31 bits per heavy atom. The number of aryl methyl sites for hydroxylation is 1. The van der Waals surface area contributed by atoms with Gasteiger partial charge in [0, 0.05) is 6.54 Å². The van der Waals surface area contributed by atoms with Crippen molar-refractivity contribution in [3.63, 3.8) is 0 Å². The van der Waals surface area contributed by atoms with Gasteiger partial charge in [0.1, 0.15) is 6.61 Å². The summed E-state index contributed by atoms with van der Waals surface area (Å²) in [6, 6.07) is 17.5. The average Bonchev–Trinajstić information content (AvgIpc) is 3.13. The van der Waals surface area contributed by atoms with Crippen molar-refractivity contribution in [3.05, 3.63) is 97.9 Å². The zero-order valence-corrected chi connectivity index (χ0v) is 21.8. The predicted octanol–water partition coefficient (Wildman–Crippen LogP) is 7.20. The van der Waals surface area contributed by atoms with Gasteiger partial charge in [-0.2, -0.15) is 0 Å². The van der Waals surface area contributed by atoms with Crippen LogP contribution in [0, 0.1) is 6.92 Å². The summed E-state index contributed by atoms with van der Waals surface area (Å²) >= 11 is 14.2. The van der Waals surface area contributed by atoms with Crippen molar-refractivity contribution < 1.29 is 19.4 Å². The highest BCUT2D eigenvalue weighted by molar-refractivity contribution is 8.18. The van der Waals surface area contributed by atoms with E-state index in [1.54, 1.807) is 35.2 Å². The van der Waals surface area contributed by atoms with Crippen LogP contribution in [0.3, 0.4) is 0 Å². The number of hydrogen-bond acceptors (Lipinski definition) is 5. The van der Waals surface area contributed by atoms with Gasteiger partial charge in [-0.05, 0) is 79.2 Å². The van der Waals surface area contributed by atoms with E-state index < -0.39 is 5.97 Å². The molecule has 0 aromatic heterocycles. The Morgan fingerprint density at radius 2 is 1.72 bits per heavy atom.